The Bertz CT molecular complexity index is 585. The van der Waals surface area contributed by atoms with Gasteiger partial charge in [0.1, 0.15) is 0 Å². The van der Waals surface area contributed by atoms with Crippen LogP contribution in [0.1, 0.15) is 31.7 Å². The number of rotatable bonds is 7. The second kappa shape index (κ2) is 10.6. The molecular weight excluding hydrogens is 358 g/mol. The lowest BCUT2D eigenvalue weighted by Gasteiger charge is -2.33. The fourth-order valence-corrected chi connectivity index (χ4v) is 4.09. The highest BCUT2D eigenvalue weighted by Crippen LogP contribution is 2.20. The molecule has 5 nitrogen and oxygen atoms in total. The first-order valence-corrected chi connectivity index (χ1v) is 10.2. The molecule has 1 saturated heterocycles. The summed E-state index contributed by atoms with van der Waals surface area (Å²) in [5, 5.41) is 6.67. The van der Waals surface area contributed by atoms with Gasteiger partial charge in [0.15, 0.2) is 0 Å². The van der Waals surface area contributed by atoms with Crippen LogP contribution >= 0.6 is 23.4 Å². The van der Waals surface area contributed by atoms with Gasteiger partial charge in [0.05, 0.1) is 0 Å². The molecule has 138 valence electrons. The number of nitrogens with zero attached hydrogens (tertiary/aromatic N) is 1. The summed E-state index contributed by atoms with van der Waals surface area (Å²) in [6.45, 7) is 3.52. The summed E-state index contributed by atoms with van der Waals surface area (Å²) in [5.41, 5.74) is 1.15. The van der Waals surface area contributed by atoms with Crippen LogP contribution in [0, 0.1) is 0 Å². The predicted octanol–water partition coefficient (Wildman–Crippen LogP) is 3.27. The molecule has 1 aliphatic heterocycles. The average Bonchev–Trinajstić information content (AvgIpc) is 2.59. The number of halogens is 1. The number of nitrogens with one attached hydrogen (secondary N) is 2. The van der Waals surface area contributed by atoms with Crippen LogP contribution in [0.4, 0.5) is 4.79 Å². The zero-order valence-corrected chi connectivity index (χ0v) is 16.2. The van der Waals surface area contributed by atoms with Gasteiger partial charge in [-0.3, -0.25) is 4.79 Å². The molecule has 7 heteroatoms. The maximum absolute atomic E-state index is 12.2. The smallest absolute Gasteiger partial charge is 0.317 e. The van der Waals surface area contributed by atoms with Gasteiger partial charge in [0, 0.05) is 43.4 Å². The lowest BCUT2D eigenvalue weighted by atomic mass is 10.1. The fraction of sp³-hybridized carbons (Fsp3) is 0.556. The van der Waals surface area contributed by atoms with Crippen molar-refractivity contribution < 1.29 is 9.59 Å². The minimum absolute atomic E-state index is 0.0360. The summed E-state index contributed by atoms with van der Waals surface area (Å²) >= 11 is 7.95. The van der Waals surface area contributed by atoms with Gasteiger partial charge in [-0.1, -0.05) is 29.8 Å². The number of thioether (sulfide) groups is 1. The lowest BCUT2D eigenvalue weighted by Crippen LogP contribution is -2.52. The van der Waals surface area contributed by atoms with E-state index in [1.165, 1.54) is 6.92 Å². The van der Waals surface area contributed by atoms with Crippen molar-refractivity contribution in [2.45, 2.75) is 38.0 Å². The standard InChI is InChI=1S/C18H26ClN3O2S/c1-14(23)21-16-7-4-10-22(12-16)18(24)20-9-5-11-25-13-15-6-2-3-8-17(15)19/h2-3,6,8,16H,4-5,7,9-13H2,1H3,(H,20,24)(H,21,23). The summed E-state index contributed by atoms with van der Waals surface area (Å²) < 4.78 is 0. The SMILES string of the molecule is CC(=O)NC1CCCN(C(=O)NCCCSCc2ccccc2Cl)C1. The third-order valence-electron chi connectivity index (χ3n) is 4.07. The van der Waals surface area contributed by atoms with E-state index >= 15 is 0 Å². The van der Waals surface area contributed by atoms with Crippen LogP contribution in [-0.4, -0.2) is 48.3 Å². The first-order valence-electron chi connectivity index (χ1n) is 8.67. The lowest BCUT2D eigenvalue weighted by molar-refractivity contribution is -0.119. The van der Waals surface area contributed by atoms with Crippen LogP contribution in [-0.2, 0) is 10.5 Å². The minimum Gasteiger partial charge on any atom is -0.352 e. The highest BCUT2D eigenvalue weighted by Gasteiger charge is 2.23. The Kier molecular flexibility index (Phi) is 8.41. The van der Waals surface area contributed by atoms with Crippen molar-refractivity contribution in [3.05, 3.63) is 34.9 Å². The normalized spacial score (nSPS) is 17.2. The molecule has 1 heterocycles. The van der Waals surface area contributed by atoms with E-state index < -0.39 is 0 Å². The van der Waals surface area contributed by atoms with Crippen molar-refractivity contribution in [3.8, 4) is 0 Å². The molecule has 1 unspecified atom stereocenters. The zero-order chi connectivity index (χ0) is 18.1. The first kappa shape index (κ1) is 19.9. The van der Waals surface area contributed by atoms with E-state index in [4.69, 9.17) is 11.6 Å². The van der Waals surface area contributed by atoms with Crippen molar-refractivity contribution in [2.24, 2.45) is 0 Å². The number of urea groups is 1. The van der Waals surface area contributed by atoms with Crippen molar-refractivity contribution in [1.29, 1.82) is 0 Å². The molecule has 0 aliphatic carbocycles. The summed E-state index contributed by atoms with van der Waals surface area (Å²) in [4.78, 5) is 25.1. The summed E-state index contributed by atoms with van der Waals surface area (Å²) in [6.07, 6.45) is 2.78. The first-order chi connectivity index (χ1) is 12.1. The van der Waals surface area contributed by atoms with E-state index in [-0.39, 0.29) is 18.0 Å². The van der Waals surface area contributed by atoms with Gasteiger partial charge in [0.25, 0.3) is 0 Å². The van der Waals surface area contributed by atoms with Gasteiger partial charge in [-0.25, -0.2) is 4.79 Å². The second-order valence-corrected chi connectivity index (χ2v) is 7.73. The van der Waals surface area contributed by atoms with Crippen LogP contribution in [0.2, 0.25) is 5.02 Å². The molecule has 1 aromatic rings. The number of amides is 3. The molecule has 2 rings (SSSR count). The molecule has 0 aromatic heterocycles. The molecule has 1 aromatic carbocycles. The number of carbonyl (C=O) groups excluding carboxylic acids is 2. The van der Waals surface area contributed by atoms with Crippen molar-refractivity contribution in [3.63, 3.8) is 0 Å². The molecule has 1 aliphatic rings. The zero-order valence-electron chi connectivity index (χ0n) is 14.6. The van der Waals surface area contributed by atoms with E-state index in [1.807, 2.05) is 36.0 Å². The van der Waals surface area contributed by atoms with Crippen molar-refractivity contribution >= 4 is 35.3 Å². The summed E-state index contributed by atoms with van der Waals surface area (Å²) in [5.74, 6) is 1.82. The van der Waals surface area contributed by atoms with Gasteiger partial charge in [-0.2, -0.15) is 11.8 Å². The van der Waals surface area contributed by atoms with E-state index in [1.54, 1.807) is 4.90 Å². The molecule has 0 radical (unpaired) electrons. The third kappa shape index (κ3) is 7.16. The Morgan fingerprint density at radius 1 is 1.36 bits per heavy atom. The van der Waals surface area contributed by atoms with Crippen LogP contribution in [0.3, 0.4) is 0 Å². The van der Waals surface area contributed by atoms with E-state index in [0.29, 0.717) is 13.1 Å². The van der Waals surface area contributed by atoms with Crippen LogP contribution in [0.5, 0.6) is 0 Å². The Hall–Kier alpha value is -1.40. The molecule has 3 amide bonds. The van der Waals surface area contributed by atoms with Crippen molar-refractivity contribution in [2.75, 3.05) is 25.4 Å². The molecule has 0 spiro atoms. The Morgan fingerprint density at radius 2 is 2.16 bits per heavy atom. The number of benzene rings is 1. The average molecular weight is 384 g/mol. The van der Waals surface area contributed by atoms with E-state index in [9.17, 15) is 9.59 Å². The van der Waals surface area contributed by atoms with E-state index in [2.05, 4.69) is 10.6 Å². The summed E-state index contributed by atoms with van der Waals surface area (Å²) in [7, 11) is 0. The van der Waals surface area contributed by atoms with Gasteiger partial charge in [-0.05, 0) is 36.6 Å². The number of hydrogen-bond donors (Lipinski definition) is 2. The quantitative estimate of drug-likeness (QED) is 0.710. The number of piperidine rings is 1. The highest BCUT2D eigenvalue weighted by atomic mass is 35.5. The molecule has 2 N–H and O–H groups in total. The topological polar surface area (TPSA) is 61.4 Å². The number of carbonyl (C=O) groups is 2. The Labute approximate surface area is 158 Å². The van der Waals surface area contributed by atoms with Crippen LogP contribution < -0.4 is 10.6 Å². The molecule has 25 heavy (non-hydrogen) atoms. The Morgan fingerprint density at radius 3 is 2.92 bits per heavy atom. The molecule has 0 saturated carbocycles. The van der Waals surface area contributed by atoms with Crippen LogP contribution in [0.15, 0.2) is 24.3 Å². The van der Waals surface area contributed by atoms with Gasteiger partial charge < -0.3 is 15.5 Å². The predicted molar refractivity (Wildman–Crippen MR) is 104 cm³/mol. The summed E-state index contributed by atoms with van der Waals surface area (Å²) in [6, 6.07) is 7.91. The Balaban J connectivity index is 1.59. The number of likely N-dealkylation sites (tertiary alicyclic amines) is 1. The molecule has 1 fully saturated rings. The van der Waals surface area contributed by atoms with Crippen LogP contribution in [0.25, 0.3) is 0 Å². The molecule has 1 atom stereocenters. The third-order valence-corrected chi connectivity index (χ3v) is 5.53. The second-order valence-electron chi connectivity index (χ2n) is 6.22. The van der Waals surface area contributed by atoms with Crippen molar-refractivity contribution in [1.82, 2.24) is 15.5 Å². The maximum Gasteiger partial charge on any atom is 0.317 e. The van der Waals surface area contributed by atoms with Gasteiger partial charge in [0.2, 0.25) is 5.91 Å². The fourth-order valence-electron chi connectivity index (χ4n) is 2.85. The molecule has 0 bridgehead atoms. The number of hydrogen-bond acceptors (Lipinski definition) is 3. The van der Waals surface area contributed by atoms with Gasteiger partial charge >= 0.3 is 6.03 Å². The minimum atomic E-state index is -0.0391. The molecular formula is C18H26ClN3O2S. The maximum atomic E-state index is 12.2. The largest absolute Gasteiger partial charge is 0.352 e. The highest BCUT2D eigenvalue weighted by molar-refractivity contribution is 7.98. The van der Waals surface area contributed by atoms with Gasteiger partial charge in [-0.15, -0.1) is 0 Å². The monoisotopic (exact) mass is 383 g/mol. The van der Waals surface area contributed by atoms with E-state index in [0.717, 1.165) is 47.9 Å².